The maximum absolute atomic E-state index is 13.1. The number of benzene rings is 1. The van der Waals surface area contributed by atoms with Crippen molar-refractivity contribution in [1.29, 1.82) is 0 Å². The van der Waals surface area contributed by atoms with Crippen LogP contribution < -0.4 is 4.90 Å². The van der Waals surface area contributed by atoms with Gasteiger partial charge in [0.15, 0.2) is 0 Å². The topological polar surface area (TPSA) is 73.8 Å². The van der Waals surface area contributed by atoms with Crippen LogP contribution in [-0.4, -0.2) is 66.6 Å². The second-order valence-corrected chi connectivity index (χ2v) is 9.95. The number of nitrogens with zero attached hydrogens (tertiary/aromatic N) is 4. The quantitative estimate of drug-likeness (QED) is 0.617. The SMILES string of the molecule is CCCC(=Nc1cc(N(C)C(=O)CN2CCOCC2)c(C)cc1C)c1n[nH]c2c1C[C@@H](C)CC2. The van der Waals surface area contributed by atoms with Crippen LogP contribution >= 0.6 is 0 Å². The number of aryl methyl sites for hydroxylation is 3. The smallest absolute Gasteiger partial charge is 0.240 e. The van der Waals surface area contributed by atoms with Crippen LogP contribution in [0.2, 0.25) is 0 Å². The van der Waals surface area contributed by atoms with Crippen molar-refractivity contribution in [3.05, 3.63) is 40.2 Å². The van der Waals surface area contributed by atoms with Gasteiger partial charge >= 0.3 is 0 Å². The zero-order valence-corrected chi connectivity index (χ0v) is 21.4. The van der Waals surface area contributed by atoms with Crippen LogP contribution in [0, 0.1) is 19.8 Å². The van der Waals surface area contributed by atoms with E-state index in [1.165, 1.54) is 17.7 Å². The summed E-state index contributed by atoms with van der Waals surface area (Å²) in [4.78, 5) is 22.1. The number of aromatic nitrogens is 2. The Morgan fingerprint density at radius 2 is 2.03 bits per heavy atom. The van der Waals surface area contributed by atoms with Gasteiger partial charge in [-0.2, -0.15) is 5.10 Å². The minimum atomic E-state index is 0.0907. The molecule has 1 atom stereocenters. The molecule has 0 radical (unpaired) electrons. The third-order valence-corrected chi connectivity index (χ3v) is 7.12. The number of likely N-dealkylation sites (N-methyl/N-ethyl adjacent to an activating group) is 1. The number of aromatic amines is 1. The molecule has 0 unspecified atom stereocenters. The van der Waals surface area contributed by atoms with E-state index in [1.54, 1.807) is 4.90 Å². The number of ether oxygens (including phenoxy) is 1. The van der Waals surface area contributed by atoms with Gasteiger partial charge in [-0.05, 0) is 62.6 Å². The van der Waals surface area contributed by atoms with E-state index >= 15 is 0 Å². The Bertz CT molecular complexity index is 1050. The second-order valence-electron chi connectivity index (χ2n) is 9.95. The van der Waals surface area contributed by atoms with E-state index in [9.17, 15) is 4.79 Å². The monoisotopic (exact) mass is 465 g/mol. The Morgan fingerprint density at radius 1 is 1.26 bits per heavy atom. The molecular weight excluding hydrogens is 426 g/mol. The van der Waals surface area contributed by atoms with E-state index in [0.29, 0.717) is 25.7 Å². The van der Waals surface area contributed by atoms with Crippen molar-refractivity contribution in [2.75, 3.05) is 44.8 Å². The molecule has 0 saturated carbocycles. The first kappa shape index (κ1) is 24.6. The zero-order chi connectivity index (χ0) is 24.2. The predicted molar refractivity (Wildman–Crippen MR) is 137 cm³/mol. The highest BCUT2D eigenvalue weighted by molar-refractivity contribution is 6.02. The number of fused-ring (bicyclic) bond motifs is 1. The molecule has 1 aliphatic carbocycles. The molecule has 1 aromatic carbocycles. The lowest BCUT2D eigenvalue weighted by molar-refractivity contribution is -0.120. The molecule has 4 rings (SSSR count). The lowest BCUT2D eigenvalue weighted by atomic mass is 9.86. The van der Waals surface area contributed by atoms with Gasteiger partial charge < -0.3 is 9.64 Å². The van der Waals surface area contributed by atoms with Crippen LogP contribution in [0.1, 0.15) is 61.2 Å². The summed E-state index contributed by atoms with van der Waals surface area (Å²) in [7, 11) is 1.87. The molecule has 2 aromatic rings. The Kier molecular flexibility index (Phi) is 7.84. The minimum absolute atomic E-state index is 0.0907. The van der Waals surface area contributed by atoms with Crippen molar-refractivity contribution in [2.45, 2.75) is 59.8 Å². The maximum atomic E-state index is 13.1. The van der Waals surface area contributed by atoms with Crippen molar-refractivity contribution in [1.82, 2.24) is 15.1 Å². The van der Waals surface area contributed by atoms with Crippen LogP contribution in [0.3, 0.4) is 0 Å². The molecule has 184 valence electrons. The summed E-state index contributed by atoms with van der Waals surface area (Å²) < 4.78 is 5.41. The number of anilines is 1. The Balaban J connectivity index is 1.63. The van der Waals surface area contributed by atoms with Crippen LogP contribution in [0.15, 0.2) is 17.1 Å². The molecule has 7 heteroatoms. The van der Waals surface area contributed by atoms with Gasteiger partial charge in [0.25, 0.3) is 0 Å². The lowest BCUT2D eigenvalue weighted by Crippen LogP contribution is -2.43. The summed E-state index contributed by atoms with van der Waals surface area (Å²) in [6.45, 7) is 12.0. The summed E-state index contributed by atoms with van der Waals surface area (Å²) in [5.74, 6) is 0.762. The molecule has 1 aromatic heterocycles. The molecule has 7 nitrogen and oxygen atoms in total. The third-order valence-electron chi connectivity index (χ3n) is 7.12. The number of nitrogens with one attached hydrogen (secondary N) is 1. The largest absolute Gasteiger partial charge is 0.379 e. The van der Waals surface area contributed by atoms with Gasteiger partial charge in [0, 0.05) is 37.1 Å². The van der Waals surface area contributed by atoms with E-state index in [1.807, 2.05) is 7.05 Å². The Morgan fingerprint density at radius 3 is 2.76 bits per heavy atom. The second kappa shape index (κ2) is 10.8. The number of carbonyl (C=O) groups excluding carboxylic acids is 1. The first-order valence-corrected chi connectivity index (χ1v) is 12.7. The minimum Gasteiger partial charge on any atom is -0.379 e. The van der Waals surface area contributed by atoms with Crippen molar-refractivity contribution in [2.24, 2.45) is 10.9 Å². The van der Waals surface area contributed by atoms with Crippen molar-refractivity contribution in [3.63, 3.8) is 0 Å². The van der Waals surface area contributed by atoms with E-state index in [4.69, 9.17) is 14.8 Å². The first-order chi connectivity index (χ1) is 16.4. The van der Waals surface area contributed by atoms with Gasteiger partial charge in [-0.15, -0.1) is 0 Å². The number of aliphatic imine (C=N–C) groups is 1. The molecule has 1 saturated heterocycles. The Hall–Kier alpha value is -2.51. The number of H-pyrrole nitrogens is 1. The fraction of sp³-hybridized carbons (Fsp3) is 0.593. The normalized spacial score (nSPS) is 19.2. The average molecular weight is 466 g/mol. The highest BCUT2D eigenvalue weighted by Gasteiger charge is 2.24. The number of carbonyl (C=O) groups is 1. The summed E-state index contributed by atoms with van der Waals surface area (Å²) in [5, 5.41) is 7.99. The zero-order valence-electron chi connectivity index (χ0n) is 21.4. The molecule has 0 spiro atoms. The fourth-order valence-electron chi connectivity index (χ4n) is 5.02. The van der Waals surface area contributed by atoms with Gasteiger partial charge in [-0.1, -0.05) is 26.3 Å². The van der Waals surface area contributed by atoms with Gasteiger partial charge in [0.05, 0.1) is 31.2 Å². The highest BCUT2D eigenvalue weighted by Crippen LogP contribution is 2.32. The van der Waals surface area contributed by atoms with E-state index < -0.39 is 0 Å². The molecule has 2 aliphatic rings. The van der Waals surface area contributed by atoms with Crippen LogP contribution in [0.5, 0.6) is 0 Å². The molecule has 1 amide bonds. The van der Waals surface area contributed by atoms with E-state index in [-0.39, 0.29) is 5.91 Å². The van der Waals surface area contributed by atoms with E-state index in [0.717, 1.165) is 72.7 Å². The van der Waals surface area contributed by atoms with E-state index in [2.05, 4.69) is 49.8 Å². The predicted octanol–water partition coefficient (Wildman–Crippen LogP) is 4.37. The molecule has 1 aliphatic heterocycles. The first-order valence-electron chi connectivity index (χ1n) is 12.7. The van der Waals surface area contributed by atoms with Gasteiger partial charge in [-0.3, -0.25) is 19.8 Å². The van der Waals surface area contributed by atoms with Crippen molar-refractivity contribution in [3.8, 4) is 0 Å². The van der Waals surface area contributed by atoms with Gasteiger partial charge in [0.1, 0.15) is 5.69 Å². The maximum Gasteiger partial charge on any atom is 0.240 e. The Labute approximate surface area is 203 Å². The van der Waals surface area contributed by atoms with Crippen LogP contribution in [0.25, 0.3) is 0 Å². The molecule has 0 bridgehead atoms. The van der Waals surface area contributed by atoms with Crippen molar-refractivity contribution >= 4 is 23.0 Å². The van der Waals surface area contributed by atoms with Crippen molar-refractivity contribution < 1.29 is 9.53 Å². The number of rotatable bonds is 7. The summed E-state index contributed by atoms with van der Waals surface area (Å²) >= 11 is 0. The standard InChI is InChI=1S/C27H39N5O2/c1-6-7-23(27-21-14-18(2)8-9-22(21)29-30-27)28-24-16-25(20(4)15-19(24)3)31(5)26(33)17-32-10-12-34-13-11-32/h15-16,18H,6-14,17H2,1-5H3,(H,29,30)/t18-/m0/s1. The summed E-state index contributed by atoms with van der Waals surface area (Å²) in [6, 6.07) is 4.21. The summed E-state index contributed by atoms with van der Waals surface area (Å²) in [6.07, 6.45) is 5.21. The number of hydrogen-bond acceptors (Lipinski definition) is 5. The lowest BCUT2D eigenvalue weighted by Gasteiger charge is -2.28. The van der Waals surface area contributed by atoms with Crippen LogP contribution in [-0.2, 0) is 22.4 Å². The molecule has 1 N–H and O–H groups in total. The molecule has 2 heterocycles. The fourth-order valence-corrected chi connectivity index (χ4v) is 5.02. The van der Waals surface area contributed by atoms with Gasteiger partial charge in [-0.25, -0.2) is 0 Å². The van der Waals surface area contributed by atoms with Crippen LogP contribution in [0.4, 0.5) is 11.4 Å². The average Bonchev–Trinajstić information content (AvgIpc) is 3.23. The number of morpholine rings is 1. The molecular formula is C27H39N5O2. The molecule has 34 heavy (non-hydrogen) atoms. The third kappa shape index (κ3) is 5.41. The highest BCUT2D eigenvalue weighted by atomic mass is 16.5. The summed E-state index contributed by atoms with van der Waals surface area (Å²) in [5.41, 5.74) is 8.70. The molecule has 1 fully saturated rings. The number of amides is 1. The van der Waals surface area contributed by atoms with Gasteiger partial charge in [0.2, 0.25) is 5.91 Å². The number of hydrogen-bond donors (Lipinski definition) is 1.